The first kappa shape index (κ1) is 16.5. The first-order valence-electron chi connectivity index (χ1n) is 7.67. The van der Waals surface area contributed by atoms with Gasteiger partial charge in [0, 0.05) is 36.9 Å². The summed E-state index contributed by atoms with van der Waals surface area (Å²) in [5.74, 6) is 0.254. The van der Waals surface area contributed by atoms with Crippen LogP contribution in [0.4, 0.5) is 5.69 Å². The molecule has 0 saturated heterocycles. The number of pyridine rings is 1. The molecule has 1 amide bonds. The van der Waals surface area contributed by atoms with Crippen molar-refractivity contribution in [1.82, 2.24) is 15.0 Å². The minimum Gasteiger partial charge on any atom is -0.424 e. The summed E-state index contributed by atoms with van der Waals surface area (Å²) in [7, 11) is 0. The van der Waals surface area contributed by atoms with E-state index in [9.17, 15) is 4.79 Å². The van der Waals surface area contributed by atoms with Crippen LogP contribution in [0, 0.1) is 6.92 Å². The van der Waals surface area contributed by atoms with Gasteiger partial charge in [-0.05, 0) is 36.2 Å². The van der Waals surface area contributed by atoms with Gasteiger partial charge in [0.1, 0.15) is 11.4 Å². The number of nitrogens with two attached hydrogens (primary N) is 1. The highest BCUT2D eigenvalue weighted by molar-refractivity contribution is 6.02. The lowest BCUT2D eigenvalue weighted by Gasteiger charge is -2.10. The quantitative estimate of drug-likeness (QED) is 0.743. The third-order valence-corrected chi connectivity index (χ3v) is 3.48. The summed E-state index contributed by atoms with van der Waals surface area (Å²) in [5.41, 5.74) is 8.19. The van der Waals surface area contributed by atoms with Crippen LogP contribution in [0.25, 0.3) is 0 Å². The Morgan fingerprint density at radius 1 is 1.16 bits per heavy atom. The second-order valence-electron chi connectivity index (χ2n) is 5.32. The van der Waals surface area contributed by atoms with Crippen molar-refractivity contribution >= 4 is 11.6 Å². The van der Waals surface area contributed by atoms with E-state index in [1.807, 2.05) is 13.0 Å². The first-order valence-corrected chi connectivity index (χ1v) is 7.67. The number of anilines is 1. The Hall–Kier alpha value is -3.32. The molecule has 0 spiro atoms. The Labute approximate surface area is 144 Å². The molecule has 126 valence electrons. The van der Waals surface area contributed by atoms with Crippen LogP contribution < -0.4 is 15.8 Å². The highest BCUT2D eigenvalue weighted by atomic mass is 16.5. The topological polar surface area (TPSA) is 103 Å². The molecule has 3 rings (SSSR count). The van der Waals surface area contributed by atoms with E-state index in [1.165, 1.54) is 0 Å². The van der Waals surface area contributed by atoms with E-state index < -0.39 is 0 Å². The van der Waals surface area contributed by atoms with Gasteiger partial charge in [0.15, 0.2) is 0 Å². The molecule has 0 aliphatic rings. The number of carbonyl (C=O) groups is 1. The van der Waals surface area contributed by atoms with Crippen LogP contribution in [0.5, 0.6) is 11.8 Å². The summed E-state index contributed by atoms with van der Waals surface area (Å²) in [4.78, 5) is 24.5. The molecule has 2 heterocycles. The molecular weight excluding hydrogens is 318 g/mol. The van der Waals surface area contributed by atoms with Gasteiger partial charge < -0.3 is 15.8 Å². The molecular formula is C18H17N5O2. The summed E-state index contributed by atoms with van der Waals surface area (Å²) in [6, 6.07) is 10.7. The van der Waals surface area contributed by atoms with Crippen molar-refractivity contribution in [2.75, 3.05) is 5.32 Å². The van der Waals surface area contributed by atoms with Crippen LogP contribution in [0.2, 0.25) is 0 Å². The third-order valence-electron chi connectivity index (χ3n) is 3.48. The summed E-state index contributed by atoms with van der Waals surface area (Å²) in [5, 5.41) is 2.80. The number of aryl methyl sites for hydroxylation is 1. The third kappa shape index (κ3) is 4.15. The van der Waals surface area contributed by atoms with Crippen molar-refractivity contribution < 1.29 is 9.53 Å². The van der Waals surface area contributed by atoms with E-state index in [4.69, 9.17) is 10.5 Å². The zero-order chi connectivity index (χ0) is 17.6. The van der Waals surface area contributed by atoms with Gasteiger partial charge in [-0.15, -0.1) is 0 Å². The second kappa shape index (κ2) is 7.50. The number of nitrogens with one attached hydrogen (secondary N) is 1. The van der Waals surface area contributed by atoms with Gasteiger partial charge in [0.2, 0.25) is 0 Å². The van der Waals surface area contributed by atoms with Crippen LogP contribution in [0.15, 0.2) is 55.0 Å². The van der Waals surface area contributed by atoms with Crippen LogP contribution in [0.3, 0.4) is 0 Å². The number of aromatic nitrogens is 3. The highest BCUT2D eigenvalue weighted by Crippen LogP contribution is 2.26. The van der Waals surface area contributed by atoms with Crippen LogP contribution in [-0.2, 0) is 6.54 Å². The van der Waals surface area contributed by atoms with Crippen molar-refractivity contribution in [3.8, 4) is 11.8 Å². The monoisotopic (exact) mass is 335 g/mol. The Kier molecular flexibility index (Phi) is 4.96. The number of hydrogen-bond acceptors (Lipinski definition) is 6. The summed E-state index contributed by atoms with van der Waals surface area (Å²) >= 11 is 0. The molecule has 0 atom stereocenters. The second-order valence-corrected chi connectivity index (χ2v) is 5.32. The number of carbonyl (C=O) groups excluding carboxylic acids is 1. The van der Waals surface area contributed by atoms with Gasteiger partial charge in [-0.3, -0.25) is 9.78 Å². The van der Waals surface area contributed by atoms with Gasteiger partial charge >= 0.3 is 6.01 Å². The minimum absolute atomic E-state index is 0.244. The van der Waals surface area contributed by atoms with Crippen LogP contribution in [-0.4, -0.2) is 20.9 Å². The fourth-order valence-electron chi connectivity index (χ4n) is 2.10. The maximum absolute atomic E-state index is 12.3. The van der Waals surface area contributed by atoms with Crippen LogP contribution >= 0.6 is 0 Å². The summed E-state index contributed by atoms with van der Waals surface area (Å²) in [6.07, 6.45) is 4.78. The molecule has 3 aromatic rings. The SMILES string of the molecule is Cc1ccc(NC(=O)c2ccc(CN)cn2)cc1Oc1ncccn1. The Morgan fingerprint density at radius 2 is 1.96 bits per heavy atom. The lowest BCUT2D eigenvalue weighted by atomic mass is 10.2. The highest BCUT2D eigenvalue weighted by Gasteiger charge is 2.10. The molecule has 0 unspecified atom stereocenters. The molecule has 1 aromatic carbocycles. The number of amides is 1. The minimum atomic E-state index is -0.311. The number of ether oxygens (including phenoxy) is 1. The van der Waals surface area contributed by atoms with Gasteiger partial charge in [0.25, 0.3) is 5.91 Å². The van der Waals surface area contributed by atoms with Gasteiger partial charge in [-0.25, -0.2) is 9.97 Å². The predicted octanol–water partition coefficient (Wildman–Crippen LogP) is 2.68. The Morgan fingerprint density at radius 3 is 2.64 bits per heavy atom. The Balaban J connectivity index is 1.76. The van der Waals surface area contributed by atoms with Gasteiger partial charge in [-0.2, -0.15) is 0 Å². The molecule has 0 aliphatic carbocycles. The standard InChI is InChI=1S/C18H17N5O2/c1-12-3-5-14(9-16(12)25-18-20-7-2-8-21-18)23-17(24)15-6-4-13(10-19)11-22-15/h2-9,11H,10,19H2,1H3,(H,23,24). The molecule has 3 N–H and O–H groups in total. The lowest BCUT2D eigenvalue weighted by Crippen LogP contribution is -2.14. The molecule has 0 radical (unpaired) electrons. The van der Waals surface area contributed by atoms with Crippen molar-refractivity contribution in [3.63, 3.8) is 0 Å². The average Bonchev–Trinajstić information content (AvgIpc) is 2.65. The average molecular weight is 335 g/mol. The largest absolute Gasteiger partial charge is 0.424 e. The predicted molar refractivity (Wildman–Crippen MR) is 93.4 cm³/mol. The lowest BCUT2D eigenvalue weighted by molar-refractivity contribution is 0.102. The first-order chi connectivity index (χ1) is 12.2. The molecule has 25 heavy (non-hydrogen) atoms. The van der Waals surface area contributed by atoms with Crippen molar-refractivity contribution in [3.05, 3.63) is 71.8 Å². The molecule has 2 aromatic heterocycles. The maximum atomic E-state index is 12.3. The van der Waals surface area contributed by atoms with E-state index in [0.29, 0.717) is 23.7 Å². The van der Waals surface area contributed by atoms with Crippen molar-refractivity contribution in [1.29, 1.82) is 0 Å². The molecule has 0 bridgehead atoms. The molecule has 7 heteroatoms. The molecule has 7 nitrogen and oxygen atoms in total. The fraction of sp³-hybridized carbons (Fsp3) is 0.111. The van der Waals surface area contributed by atoms with Gasteiger partial charge in [0.05, 0.1) is 0 Å². The smallest absolute Gasteiger partial charge is 0.321 e. The zero-order valence-corrected chi connectivity index (χ0v) is 13.6. The van der Waals surface area contributed by atoms with Gasteiger partial charge in [-0.1, -0.05) is 12.1 Å². The zero-order valence-electron chi connectivity index (χ0n) is 13.6. The summed E-state index contributed by atoms with van der Waals surface area (Å²) in [6.45, 7) is 2.28. The number of benzene rings is 1. The fourth-order valence-corrected chi connectivity index (χ4v) is 2.10. The normalized spacial score (nSPS) is 10.3. The van der Waals surface area contributed by atoms with Crippen molar-refractivity contribution in [2.24, 2.45) is 5.73 Å². The number of nitrogens with zero attached hydrogens (tertiary/aromatic N) is 3. The van der Waals surface area contributed by atoms with Crippen molar-refractivity contribution in [2.45, 2.75) is 13.5 Å². The molecule has 0 saturated carbocycles. The maximum Gasteiger partial charge on any atom is 0.321 e. The van der Waals surface area contributed by atoms with E-state index >= 15 is 0 Å². The molecule has 0 fully saturated rings. The van der Waals surface area contributed by atoms with Crippen LogP contribution in [0.1, 0.15) is 21.6 Å². The van der Waals surface area contributed by atoms with E-state index in [-0.39, 0.29) is 11.9 Å². The van der Waals surface area contributed by atoms with E-state index in [0.717, 1.165) is 11.1 Å². The molecule has 0 aliphatic heterocycles. The number of hydrogen-bond donors (Lipinski definition) is 2. The Bertz CT molecular complexity index is 866. The van der Waals surface area contributed by atoms with E-state index in [2.05, 4.69) is 20.3 Å². The number of rotatable bonds is 5. The van der Waals surface area contributed by atoms with E-state index in [1.54, 1.807) is 48.9 Å². The summed E-state index contributed by atoms with van der Waals surface area (Å²) < 4.78 is 5.66.